The average molecular weight is 293 g/mol. The van der Waals surface area contributed by atoms with Crippen LogP contribution in [0, 0.1) is 11.2 Å². The van der Waals surface area contributed by atoms with E-state index < -0.39 is 5.82 Å². The van der Waals surface area contributed by atoms with Crippen LogP contribution in [0.4, 0.5) is 4.39 Å². The van der Waals surface area contributed by atoms with Crippen molar-refractivity contribution in [1.82, 2.24) is 15.6 Å². The second kappa shape index (κ2) is 5.79. The second-order valence-electron chi connectivity index (χ2n) is 6.42. The Labute approximate surface area is 123 Å². The van der Waals surface area contributed by atoms with Gasteiger partial charge in [0.1, 0.15) is 5.82 Å². The molecule has 1 aromatic heterocycles. The van der Waals surface area contributed by atoms with E-state index in [-0.39, 0.29) is 34.9 Å². The molecule has 1 saturated heterocycles. The molecule has 2 amide bonds. The number of piperidine rings is 1. The Kier molecular flexibility index (Phi) is 4.25. The molecule has 1 aliphatic rings. The smallest absolute Gasteiger partial charge is 0.253 e. The quantitative estimate of drug-likeness (QED) is 0.871. The minimum Gasteiger partial charge on any atom is -0.351 e. The molecule has 1 aliphatic heterocycles. The van der Waals surface area contributed by atoms with Crippen LogP contribution in [0.15, 0.2) is 18.5 Å². The molecule has 0 aromatic carbocycles. The number of hydrogen-bond donors (Lipinski definition) is 2. The molecule has 2 rings (SSSR count). The zero-order valence-electron chi connectivity index (χ0n) is 12.4. The third-order valence-corrected chi connectivity index (χ3v) is 3.62. The maximum absolute atomic E-state index is 13.1. The van der Waals surface area contributed by atoms with E-state index in [0.29, 0.717) is 12.8 Å². The third kappa shape index (κ3) is 3.77. The number of nitrogens with zero attached hydrogens (tertiary/aromatic N) is 1. The summed E-state index contributed by atoms with van der Waals surface area (Å²) in [5, 5.41) is 5.81. The Morgan fingerprint density at radius 3 is 2.76 bits per heavy atom. The Hall–Kier alpha value is -1.98. The molecular weight excluding hydrogens is 273 g/mol. The van der Waals surface area contributed by atoms with Crippen molar-refractivity contribution in [3.8, 4) is 0 Å². The van der Waals surface area contributed by atoms with E-state index in [1.807, 2.05) is 20.8 Å². The first-order valence-corrected chi connectivity index (χ1v) is 6.98. The van der Waals surface area contributed by atoms with Crippen LogP contribution in [0.2, 0.25) is 0 Å². The first-order valence-electron chi connectivity index (χ1n) is 6.98. The number of halogens is 1. The molecule has 0 radical (unpaired) electrons. The van der Waals surface area contributed by atoms with Crippen LogP contribution in [-0.2, 0) is 4.79 Å². The molecule has 0 unspecified atom stereocenters. The van der Waals surface area contributed by atoms with Crippen molar-refractivity contribution in [3.05, 3.63) is 29.8 Å². The van der Waals surface area contributed by atoms with E-state index in [0.717, 1.165) is 12.3 Å². The van der Waals surface area contributed by atoms with Gasteiger partial charge in [-0.15, -0.1) is 0 Å². The lowest BCUT2D eigenvalue weighted by molar-refractivity contribution is -0.125. The highest BCUT2D eigenvalue weighted by atomic mass is 19.1. The minimum atomic E-state index is -0.549. The molecule has 6 heteroatoms. The zero-order chi connectivity index (χ0) is 15.6. The Morgan fingerprint density at radius 2 is 2.14 bits per heavy atom. The van der Waals surface area contributed by atoms with Gasteiger partial charge in [-0.1, -0.05) is 20.8 Å². The summed E-state index contributed by atoms with van der Waals surface area (Å²) < 4.78 is 13.1. The van der Waals surface area contributed by atoms with E-state index in [1.165, 1.54) is 6.20 Å². The number of nitrogens with one attached hydrogen (secondary N) is 2. The van der Waals surface area contributed by atoms with E-state index in [9.17, 15) is 14.0 Å². The largest absolute Gasteiger partial charge is 0.351 e. The van der Waals surface area contributed by atoms with Crippen molar-refractivity contribution in [1.29, 1.82) is 0 Å². The fourth-order valence-corrected chi connectivity index (χ4v) is 2.56. The van der Waals surface area contributed by atoms with Gasteiger partial charge in [0.25, 0.3) is 5.91 Å². The molecule has 0 saturated carbocycles. The van der Waals surface area contributed by atoms with Crippen LogP contribution in [0.3, 0.4) is 0 Å². The van der Waals surface area contributed by atoms with Crippen LogP contribution >= 0.6 is 0 Å². The predicted molar refractivity (Wildman–Crippen MR) is 76.1 cm³/mol. The van der Waals surface area contributed by atoms with Crippen molar-refractivity contribution in [3.63, 3.8) is 0 Å². The van der Waals surface area contributed by atoms with Gasteiger partial charge in [-0.3, -0.25) is 14.6 Å². The number of hydrogen-bond acceptors (Lipinski definition) is 3. The van der Waals surface area contributed by atoms with E-state index in [4.69, 9.17) is 0 Å². The summed E-state index contributed by atoms with van der Waals surface area (Å²) >= 11 is 0. The third-order valence-electron chi connectivity index (χ3n) is 3.62. The molecule has 2 atom stereocenters. The van der Waals surface area contributed by atoms with Gasteiger partial charge in [0, 0.05) is 12.6 Å². The average Bonchev–Trinajstić information content (AvgIpc) is 2.39. The van der Waals surface area contributed by atoms with Crippen LogP contribution < -0.4 is 10.6 Å². The maximum Gasteiger partial charge on any atom is 0.253 e. The van der Waals surface area contributed by atoms with Gasteiger partial charge < -0.3 is 10.6 Å². The lowest BCUT2D eigenvalue weighted by Crippen LogP contribution is -2.60. The lowest BCUT2D eigenvalue weighted by atomic mass is 9.78. The summed E-state index contributed by atoms with van der Waals surface area (Å²) in [6, 6.07) is 0.804. The SMILES string of the molecule is CC(C)(C)[C@@H]1NC(=O)CC[C@H]1NC(=O)c1cncc(F)c1. The number of carbonyl (C=O) groups excluding carboxylic acids is 2. The van der Waals surface area contributed by atoms with Gasteiger partial charge in [0.15, 0.2) is 0 Å². The summed E-state index contributed by atoms with van der Waals surface area (Å²) in [6.07, 6.45) is 3.32. The van der Waals surface area contributed by atoms with Gasteiger partial charge in [-0.2, -0.15) is 0 Å². The van der Waals surface area contributed by atoms with Crippen LogP contribution in [-0.4, -0.2) is 28.9 Å². The molecule has 5 nitrogen and oxygen atoms in total. The number of rotatable bonds is 2. The van der Waals surface area contributed by atoms with Crippen LogP contribution in [0.1, 0.15) is 44.0 Å². The Morgan fingerprint density at radius 1 is 1.43 bits per heavy atom. The highest BCUT2D eigenvalue weighted by Gasteiger charge is 2.37. The van der Waals surface area contributed by atoms with Crippen molar-refractivity contribution in [2.45, 2.75) is 45.7 Å². The monoisotopic (exact) mass is 293 g/mol. The van der Waals surface area contributed by atoms with E-state index in [2.05, 4.69) is 15.6 Å². The standard InChI is InChI=1S/C15H20FN3O2/c1-15(2,3)13-11(4-5-12(20)19-13)18-14(21)9-6-10(16)8-17-7-9/h6-8,11,13H,4-5H2,1-3H3,(H,18,21)(H,19,20)/t11-,13-/m1/s1. The molecule has 2 heterocycles. The van der Waals surface area contributed by atoms with Gasteiger partial charge in [0.2, 0.25) is 5.91 Å². The number of aromatic nitrogens is 1. The van der Waals surface area contributed by atoms with E-state index >= 15 is 0 Å². The molecular formula is C15H20FN3O2. The van der Waals surface area contributed by atoms with Crippen molar-refractivity contribution >= 4 is 11.8 Å². The minimum absolute atomic E-state index is 0.00662. The van der Waals surface area contributed by atoms with Gasteiger partial charge >= 0.3 is 0 Å². The molecule has 2 N–H and O–H groups in total. The van der Waals surface area contributed by atoms with E-state index in [1.54, 1.807) is 0 Å². The molecule has 1 fully saturated rings. The van der Waals surface area contributed by atoms with Crippen LogP contribution in [0.5, 0.6) is 0 Å². The van der Waals surface area contributed by atoms with Crippen LogP contribution in [0.25, 0.3) is 0 Å². The Bertz CT molecular complexity index is 554. The summed E-state index contributed by atoms with van der Waals surface area (Å²) in [4.78, 5) is 27.4. The first kappa shape index (κ1) is 15.4. The fourth-order valence-electron chi connectivity index (χ4n) is 2.56. The Balaban J connectivity index is 2.13. The molecule has 1 aromatic rings. The molecule has 0 aliphatic carbocycles. The molecule has 0 bridgehead atoms. The lowest BCUT2D eigenvalue weighted by Gasteiger charge is -2.41. The van der Waals surface area contributed by atoms with Crippen molar-refractivity contribution < 1.29 is 14.0 Å². The summed E-state index contributed by atoms with van der Waals surface area (Å²) in [6.45, 7) is 6.02. The normalized spacial score (nSPS) is 22.6. The van der Waals surface area contributed by atoms with Gasteiger partial charge in [-0.05, 0) is 17.9 Å². The zero-order valence-corrected chi connectivity index (χ0v) is 12.4. The summed E-state index contributed by atoms with van der Waals surface area (Å²) in [5.74, 6) is -0.933. The van der Waals surface area contributed by atoms with Gasteiger partial charge in [0.05, 0.1) is 23.8 Å². The predicted octanol–water partition coefficient (Wildman–Crippen LogP) is 1.64. The highest BCUT2D eigenvalue weighted by molar-refractivity contribution is 5.94. The summed E-state index contributed by atoms with van der Waals surface area (Å²) in [5.41, 5.74) is -0.00615. The second-order valence-corrected chi connectivity index (χ2v) is 6.42. The topological polar surface area (TPSA) is 71.1 Å². The number of carbonyl (C=O) groups is 2. The molecule has 0 spiro atoms. The fraction of sp³-hybridized carbons (Fsp3) is 0.533. The van der Waals surface area contributed by atoms with Crippen molar-refractivity contribution in [2.24, 2.45) is 5.41 Å². The molecule has 21 heavy (non-hydrogen) atoms. The van der Waals surface area contributed by atoms with Crippen molar-refractivity contribution in [2.75, 3.05) is 0 Å². The first-order chi connectivity index (χ1) is 9.77. The number of pyridine rings is 1. The van der Waals surface area contributed by atoms with Gasteiger partial charge in [-0.25, -0.2) is 4.39 Å². The highest BCUT2D eigenvalue weighted by Crippen LogP contribution is 2.26. The number of amides is 2. The summed E-state index contributed by atoms with van der Waals surface area (Å²) in [7, 11) is 0. The molecule has 114 valence electrons. The maximum atomic E-state index is 13.1.